The Morgan fingerprint density at radius 2 is 1.94 bits per heavy atom. The fraction of sp³-hybridized carbons (Fsp3) is 0.476. The number of hydrogen-bond donors (Lipinski definition) is 1. The van der Waals surface area contributed by atoms with Gasteiger partial charge in [0.25, 0.3) is 5.56 Å². The van der Waals surface area contributed by atoms with Gasteiger partial charge in [-0.2, -0.15) is 0 Å². The maximum atomic E-state index is 12.6. The summed E-state index contributed by atoms with van der Waals surface area (Å²) in [6.45, 7) is 1.72. The predicted octanol–water partition coefficient (Wildman–Crippen LogP) is 3.38. The van der Waals surface area contributed by atoms with Gasteiger partial charge in [0.1, 0.15) is 5.82 Å². The van der Waals surface area contributed by atoms with Crippen molar-refractivity contribution in [2.45, 2.75) is 44.6 Å². The van der Waals surface area contributed by atoms with Gasteiger partial charge >= 0.3 is 0 Å². The largest absolute Gasteiger partial charge is 0.342 e. The molecule has 1 N–H and O–H groups in total. The van der Waals surface area contributed by atoms with Crippen molar-refractivity contribution in [3.8, 4) is 0 Å². The van der Waals surface area contributed by atoms with Gasteiger partial charge in [0.05, 0.1) is 6.54 Å². The van der Waals surface area contributed by atoms with Crippen LogP contribution in [0.1, 0.15) is 49.4 Å². The van der Waals surface area contributed by atoms with Crippen molar-refractivity contribution in [1.82, 2.24) is 29.9 Å². The van der Waals surface area contributed by atoms with Crippen molar-refractivity contribution < 1.29 is 4.79 Å². The van der Waals surface area contributed by atoms with Gasteiger partial charge in [-0.25, -0.2) is 9.67 Å². The second-order valence-corrected chi connectivity index (χ2v) is 9.18. The average Bonchev–Trinajstić information content (AvgIpc) is 3.12. The lowest BCUT2D eigenvalue weighted by Gasteiger charge is -2.36. The quantitative estimate of drug-likeness (QED) is 0.643. The van der Waals surface area contributed by atoms with E-state index in [4.69, 9.17) is 28.2 Å². The number of fused-ring (bicyclic) bond motifs is 1. The summed E-state index contributed by atoms with van der Waals surface area (Å²) < 4.78 is 1.58. The molecule has 0 unspecified atom stereocenters. The minimum atomic E-state index is -0.304. The SMILES string of the molecule is O=C(C1CCC1)N1CCC(c2nc3c(nnn3Cc3ccc(Cl)cc3Cl)c(=O)[nH]2)CC1. The molecule has 31 heavy (non-hydrogen) atoms. The molecule has 1 aromatic carbocycles. The maximum absolute atomic E-state index is 12.6. The first-order valence-electron chi connectivity index (χ1n) is 10.6. The van der Waals surface area contributed by atoms with Crippen LogP contribution >= 0.6 is 23.2 Å². The molecule has 0 radical (unpaired) electrons. The smallest absolute Gasteiger partial charge is 0.281 e. The van der Waals surface area contributed by atoms with Crippen molar-refractivity contribution in [3.05, 3.63) is 50.0 Å². The van der Waals surface area contributed by atoms with Crippen molar-refractivity contribution >= 4 is 40.3 Å². The molecule has 5 rings (SSSR count). The summed E-state index contributed by atoms with van der Waals surface area (Å²) in [4.78, 5) is 34.7. The molecular weight excluding hydrogens is 439 g/mol. The number of amides is 1. The highest BCUT2D eigenvalue weighted by atomic mass is 35.5. The number of nitrogens with zero attached hydrogens (tertiary/aromatic N) is 5. The van der Waals surface area contributed by atoms with E-state index >= 15 is 0 Å². The minimum Gasteiger partial charge on any atom is -0.342 e. The zero-order valence-corrected chi connectivity index (χ0v) is 18.4. The lowest BCUT2D eigenvalue weighted by Crippen LogP contribution is -2.43. The van der Waals surface area contributed by atoms with Crippen LogP contribution < -0.4 is 5.56 Å². The van der Waals surface area contributed by atoms with Crippen LogP contribution in [-0.2, 0) is 11.3 Å². The van der Waals surface area contributed by atoms with Crippen molar-refractivity contribution in [2.24, 2.45) is 5.92 Å². The number of benzene rings is 1. The number of nitrogens with one attached hydrogen (secondary N) is 1. The first kappa shape index (κ1) is 20.5. The van der Waals surface area contributed by atoms with Crippen LogP contribution in [-0.4, -0.2) is 48.9 Å². The Labute approximate surface area is 188 Å². The van der Waals surface area contributed by atoms with E-state index in [0.29, 0.717) is 41.2 Å². The zero-order valence-electron chi connectivity index (χ0n) is 16.9. The van der Waals surface area contributed by atoms with E-state index < -0.39 is 0 Å². The third-order valence-corrected chi connectivity index (χ3v) is 6.96. The van der Waals surface area contributed by atoms with Crippen LogP contribution in [0.15, 0.2) is 23.0 Å². The molecule has 0 spiro atoms. The van der Waals surface area contributed by atoms with Crippen LogP contribution in [0.5, 0.6) is 0 Å². The Kier molecular flexibility index (Phi) is 5.44. The van der Waals surface area contributed by atoms with Gasteiger partial charge in [-0.1, -0.05) is 40.9 Å². The van der Waals surface area contributed by atoms with E-state index in [0.717, 1.165) is 37.7 Å². The number of hydrogen-bond acceptors (Lipinski definition) is 5. The summed E-state index contributed by atoms with van der Waals surface area (Å²) in [5.41, 5.74) is 1.13. The molecular formula is C21H22Cl2N6O2. The predicted molar refractivity (Wildman–Crippen MR) is 117 cm³/mol. The molecule has 2 aromatic heterocycles. The van der Waals surface area contributed by atoms with Gasteiger partial charge in [-0.15, -0.1) is 5.10 Å². The van der Waals surface area contributed by atoms with Gasteiger partial charge in [-0.3, -0.25) is 9.59 Å². The standard InChI is InChI=1S/C21H22Cl2N6O2/c22-15-5-4-14(16(23)10-15)11-29-19-17(26-27-29)20(30)25-18(24-19)12-6-8-28(9-7-12)21(31)13-2-1-3-13/h4-5,10,12-13H,1-3,6-9,11H2,(H,24,25,30). The third kappa shape index (κ3) is 3.94. The summed E-state index contributed by atoms with van der Waals surface area (Å²) in [6.07, 6.45) is 4.73. The first-order chi connectivity index (χ1) is 15.0. The Hall–Kier alpha value is -2.45. The summed E-state index contributed by atoms with van der Waals surface area (Å²) >= 11 is 12.3. The van der Waals surface area contributed by atoms with E-state index in [1.54, 1.807) is 16.8 Å². The second-order valence-electron chi connectivity index (χ2n) is 8.33. The highest BCUT2D eigenvalue weighted by Gasteiger charge is 2.32. The van der Waals surface area contributed by atoms with Crippen LogP contribution in [0.2, 0.25) is 10.0 Å². The molecule has 1 aliphatic carbocycles. The number of carbonyl (C=O) groups is 1. The van der Waals surface area contributed by atoms with Gasteiger partial charge in [0.2, 0.25) is 5.91 Å². The van der Waals surface area contributed by atoms with Crippen LogP contribution in [0.4, 0.5) is 0 Å². The number of halogens is 2. The lowest BCUT2D eigenvalue weighted by molar-refractivity contribution is -0.139. The molecule has 3 heterocycles. The number of rotatable bonds is 4. The summed E-state index contributed by atoms with van der Waals surface area (Å²) in [6, 6.07) is 5.25. The van der Waals surface area contributed by atoms with E-state index in [-0.39, 0.29) is 28.8 Å². The Balaban J connectivity index is 1.37. The van der Waals surface area contributed by atoms with Crippen LogP contribution in [0.3, 0.4) is 0 Å². The number of piperidine rings is 1. The maximum Gasteiger partial charge on any atom is 0.281 e. The van der Waals surface area contributed by atoms with Crippen LogP contribution in [0, 0.1) is 5.92 Å². The van der Waals surface area contributed by atoms with Gasteiger partial charge < -0.3 is 9.88 Å². The van der Waals surface area contributed by atoms with Crippen molar-refractivity contribution in [2.75, 3.05) is 13.1 Å². The molecule has 1 saturated carbocycles. The number of aromatic amines is 1. The molecule has 162 valence electrons. The van der Waals surface area contributed by atoms with Gasteiger partial charge in [0.15, 0.2) is 11.2 Å². The highest BCUT2D eigenvalue weighted by Crippen LogP contribution is 2.32. The number of aromatic nitrogens is 5. The molecule has 2 fully saturated rings. The van der Waals surface area contributed by atoms with E-state index in [1.807, 2.05) is 11.0 Å². The van der Waals surface area contributed by atoms with Crippen molar-refractivity contribution in [1.29, 1.82) is 0 Å². The molecule has 8 nitrogen and oxygen atoms in total. The van der Waals surface area contributed by atoms with Crippen LogP contribution in [0.25, 0.3) is 11.2 Å². The Morgan fingerprint density at radius 3 is 2.61 bits per heavy atom. The molecule has 3 aromatic rings. The molecule has 0 atom stereocenters. The topological polar surface area (TPSA) is 96.8 Å². The fourth-order valence-corrected chi connectivity index (χ4v) is 4.75. The highest BCUT2D eigenvalue weighted by molar-refractivity contribution is 6.35. The Morgan fingerprint density at radius 1 is 1.16 bits per heavy atom. The second kappa shape index (κ2) is 8.24. The first-order valence-corrected chi connectivity index (χ1v) is 11.3. The third-order valence-electron chi connectivity index (χ3n) is 6.37. The summed E-state index contributed by atoms with van der Waals surface area (Å²) in [7, 11) is 0. The molecule has 1 aliphatic heterocycles. The number of carbonyl (C=O) groups excluding carboxylic acids is 1. The normalized spacial score (nSPS) is 17.8. The molecule has 1 saturated heterocycles. The van der Waals surface area contributed by atoms with E-state index in [1.165, 1.54) is 0 Å². The lowest BCUT2D eigenvalue weighted by atomic mass is 9.83. The van der Waals surface area contributed by atoms with Gasteiger partial charge in [0, 0.05) is 35.0 Å². The minimum absolute atomic E-state index is 0.0880. The van der Waals surface area contributed by atoms with E-state index in [2.05, 4.69) is 15.3 Å². The molecule has 10 heteroatoms. The zero-order chi connectivity index (χ0) is 21.5. The Bertz CT molecular complexity index is 1190. The average molecular weight is 461 g/mol. The summed E-state index contributed by atoms with van der Waals surface area (Å²) in [5.74, 6) is 1.21. The fourth-order valence-electron chi connectivity index (χ4n) is 4.28. The van der Waals surface area contributed by atoms with E-state index in [9.17, 15) is 9.59 Å². The number of H-pyrrole nitrogens is 1. The molecule has 1 amide bonds. The van der Waals surface area contributed by atoms with Crippen molar-refractivity contribution in [3.63, 3.8) is 0 Å². The molecule has 2 aliphatic rings. The summed E-state index contributed by atoms with van der Waals surface area (Å²) in [5, 5.41) is 9.18. The monoisotopic (exact) mass is 460 g/mol. The number of likely N-dealkylation sites (tertiary alicyclic amines) is 1. The molecule has 0 bridgehead atoms. The van der Waals surface area contributed by atoms with Gasteiger partial charge in [-0.05, 0) is 43.4 Å².